The van der Waals surface area contributed by atoms with Crippen molar-refractivity contribution in [3.8, 4) is 0 Å². The molecule has 0 fully saturated rings. The third kappa shape index (κ3) is 8.37. The van der Waals surface area contributed by atoms with E-state index in [1.54, 1.807) is 0 Å². The molecule has 0 radical (unpaired) electrons. The van der Waals surface area contributed by atoms with Gasteiger partial charge in [0.15, 0.2) is 0 Å². The second kappa shape index (κ2) is 10.6. The zero-order chi connectivity index (χ0) is 17.3. The van der Waals surface area contributed by atoms with E-state index in [9.17, 15) is 9.59 Å². The van der Waals surface area contributed by atoms with Crippen molar-refractivity contribution in [3.63, 3.8) is 0 Å². The van der Waals surface area contributed by atoms with Gasteiger partial charge in [0.25, 0.3) is 0 Å². The summed E-state index contributed by atoms with van der Waals surface area (Å²) in [7, 11) is 0. The first-order valence-electron chi connectivity index (χ1n) is 8.46. The lowest BCUT2D eigenvalue weighted by atomic mass is 9.84. The molecule has 130 valence electrons. The molecule has 0 rings (SSSR count). The normalized spacial score (nSPS) is 16.9. The van der Waals surface area contributed by atoms with Crippen LogP contribution in [0, 0.1) is 17.8 Å². The molecule has 2 unspecified atom stereocenters. The van der Waals surface area contributed by atoms with Crippen LogP contribution < -0.4 is 11.1 Å². The predicted octanol–water partition coefficient (Wildman–Crippen LogP) is 2.78. The fraction of sp³-hybridized carbons (Fsp3) is 0.882. The number of nitrogens with two attached hydrogens (primary N) is 1. The van der Waals surface area contributed by atoms with Crippen molar-refractivity contribution in [2.75, 3.05) is 0 Å². The molecule has 0 heterocycles. The first-order valence-corrected chi connectivity index (χ1v) is 8.46. The first-order chi connectivity index (χ1) is 10.2. The van der Waals surface area contributed by atoms with Gasteiger partial charge in [0.05, 0.1) is 12.5 Å². The van der Waals surface area contributed by atoms with Crippen molar-refractivity contribution in [2.45, 2.75) is 78.8 Å². The lowest BCUT2D eigenvalue weighted by Gasteiger charge is -2.30. The minimum atomic E-state index is -0.891. The SMILES string of the molecule is CCCCC(C)C(C)[C@@H](CC(=O)O)NC(=O)[C@@H](N)CC(C)C. The predicted molar refractivity (Wildman–Crippen MR) is 89.5 cm³/mol. The third-order valence-corrected chi connectivity index (χ3v) is 4.33. The number of carbonyl (C=O) groups excluding carboxylic acids is 1. The second-order valence-electron chi connectivity index (χ2n) is 6.93. The van der Waals surface area contributed by atoms with Gasteiger partial charge in [-0.05, 0) is 24.2 Å². The minimum absolute atomic E-state index is 0.0578. The summed E-state index contributed by atoms with van der Waals surface area (Å²) in [6.45, 7) is 10.3. The summed E-state index contributed by atoms with van der Waals surface area (Å²) in [5, 5.41) is 12.0. The van der Waals surface area contributed by atoms with E-state index in [4.69, 9.17) is 10.8 Å². The fourth-order valence-corrected chi connectivity index (χ4v) is 2.65. The molecule has 5 nitrogen and oxygen atoms in total. The number of carboxylic acid groups (broad SMARTS) is 1. The molecule has 4 N–H and O–H groups in total. The molecule has 4 atom stereocenters. The van der Waals surface area contributed by atoms with Crippen molar-refractivity contribution < 1.29 is 14.7 Å². The monoisotopic (exact) mass is 314 g/mol. The number of aliphatic carboxylic acids is 1. The minimum Gasteiger partial charge on any atom is -0.481 e. The van der Waals surface area contributed by atoms with Gasteiger partial charge in [-0.1, -0.05) is 53.9 Å². The van der Waals surface area contributed by atoms with Crippen LogP contribution >= 0.6 is 0 Å². The van der Waals surface area contributed by atoms with Gasteiger partial charge in [0, 0.05) is 6.04 Å². The highest BCUT2D eigenvalue weighted by Gasteiger charge is 2.28. The Kier molecular flexibility index (Phi) is 10.1. The van der Waals surface area contributed by atoms with Gasteiger partial charge in [-0.25, -0.2) is 0 Å². The summed E-state index contributed by atoms with van der Waals surface area (Å²) in [5.74, 6) is -0.324. The molecule has 0 aliphatic carbocycles. The zero-order valence-corrected chi connectivity index (χ0v) is 14.8. The Morgan fingerprint density at radius 2 is 1.77 bits per heavy atom. The van der Waals surface area contributed by atoms with Crippen LogP contribution in [0.5, 0.6) is 0 Å². The second-order valence-corrected chi connectivity index (χ2v) is 6.93. The molecule has 0 spiro atoms. The number of carbonyl (C=O) groups is 2. The average molecular weight is 314 g/mol. The average Bonchev–Trinajstić information content (AvgIpc) is 2.41. The van der Waals surface area contributed by atoms with E-state index in [0.29, 0.717) is 18.3 Å². The molecule has 0 bridgehead atoms. The molecular weight excluding hydrogens is 280 g/mol. The van der Waals surface area contributed by atoms with Gasteiger partial charge in [-0.15, -0.1) is 0 Å². The number of hydrogen-bond acceptors (Lipinski definition) is 3. The third-order valence-electron chi connectivity index (χ3n) is 4.33. The van der Waals surface area contributed by atoms with E-state index in [2.05, 4.69) is 19.2 Å². The van der Waals surface area contributed by atoms with Crippen molar-refractivity contribution in [3.05, 3.63) is 0 Å². The number of carboxylic acids is 1. The summed E-state index contributed by atoms with van der Waals surface area (Å²) < 4.78 is 0. The number of amides is 1. The molecule has 0 aromatic carbocycles. The Labute approximate surface area is 135 Å². The topological polar surface area (TPSA) is 92.4 Å². The fourth-order valence-electron chi connectivity index (χ4n) is 2.65. The molecule has 0 aromatic rings. The summed E-state index contributed by atoms with van der Waals surface area (Å²) in [4.78, 5) is 23.3. The molecule has 1 amide bonds. The lowest BCUT2D eigenvalue weighted by molar-refractivity contribution is -0.138. The quantitative estimate of drug-likeness (QED) is 0.547. The highest BCUT2D eigenvalue weighted by atomic mass is 16.4. The maximum Gasteiger partial charge on any atom is 0.305 e. The Balaban J connectivity index is 4.75. The molecule has 0 aliphatic rings. The van der Waals surface area contributed by atoms with Gasteiger partial charge >= 0.3 is 5.97 Å². The van der Waals surface area contributed by atoms with E-state index in [0.717, 1.165) is 19.3 Å². The van der Waals surface area contributed by atoms with E-state index < -0.39 is 12.0 Å². The molecule has 0 saturated heterocycles. The van der Waals surface area contributed by atoms with Crippen LogP contribution in [0.15, 0.2) is 0 Å². The van der Waals surface area contributed by atoms with Crippen molar-refractivity contribution in [1.29, 1.82) is 0 Å². The molecular formula is C17H34N2O3. The van der Waals surface area contributed by atoms with Crippen molar-refractivity contribution in [2.24, 2.45) is 23.5 Å². The van der Waals surface area contributed by atoms with E-state index in [1.807, 2.05) is 20.8 Å². The Morgan fingerprint density at radius 1 is 1.18 bits per heavy atom. The Morgan fingerprint density at radius 3 is 2.23 bits per heavy atom. The van der Waals surface area contributed by atoms with E-state index in [-0.39, 0.29) is 24.3 Å². The molecule has 0 aromatic heterocycles. The zero-order valence-electron chi connectivity index (χ0n) is 14.8. The Hall–Kier alpha value is -1.10. The van der Waals surface area contributed by atoms with Gasteiger partial charge < -0.3 is 16.2 Å². The molecule has 0 saturated carbocycles. The van der Waals surface area contributed by atoms with Gasteiger partial charge in [0.2, 0.25) is 5.91 Å². The van der Waals surface area contributed by atoms with Crippen LogP contribution in [0.1, 0.15) is 66.7 Å². The van der Waals surface area contributed by atoms with E-state index >= 15 is 0 Å². The van der Waals surface area contributed by atoms with Gasteiger partial charge in [0.1, 0.15) is 0 Å². The maximum atomic E-state index is 12.2. The van der Waals surface area contributed by atoms with Crippen LogP contribution in [-0.4, -0.2) is 29.1 Å². The van der Waals surface area contributed by atoms with Crippen LogP contribution in [0.25, 0.3) is 0 Å². The van der Waals surface area contributed by atoms with E-state index in [1.165, 1.54) is 0 Å². The van der Waals surface area contributed by atoms with Crippen LogP contribution in [0.2, 0.25) is 0 Å². The molecule has 0 aliphatic heterocycles. The summed E-state index contributed by atoms with van der Waals surface area (Å²) in [6, 6.07) is -0.940. The largest absolute Gasteiger partial charge is 0.481 e. The van der Waals surface area contributed by atoms with Crippen LogP contribution in [0.4, 0.5) is 0 Å². The molecule has 5 heteroatoms. The standard InChI is InChI=1S/C17H34N2O3/c1-6-7-8-12(4)13(5)15(10-16(20)21)19-17(22)14(18)9-11(2)3/h11-15H,6-10,18H2,1-5H3,(H,19,22)(H,20,21)/t12?,13?,14-,15+/m0/s1. The number of rotatable bonds is 11. The lowest BCUT2D eigenvalue weighted by Crippen LogP contribution is -2.49. The highest BCUT2D eigenvalue weighted by Crippen LogP contribution is 2.23. The van der Waals surface area contributed by atoms with Crippen LogP contribution in [0.3, 0.4) is 0 Å². The van der Waals surface area contributed by atoms with Crippen LogP contribution in [-0.2, 0) is 9.59 Å². The summed E-state index contributed by atoms with van der Waals surface area (Å²) in [5.41, 5.74) is 5.89. The molecule has 22 heavy (non-hydrogen) atoms. The number of hydrogen-bond donors (Lipinski definition) is 3. The van der Waals surface area contributed by atoms with Crippen molar-refractivity contribution >= 4 is 11.9 Å². The summed E-state index contributed by atoms with van der Waals surface area (Å²) in [6.07, 6.45) is 3.82. The van der Waals surface area contributed by atoms with Gasteiger partial charge in [-0.3, -0.25) is 9.59 Å². The first kappa shape index (κ1) is 20.9. The highest BCUT2D eigenvalue weighted by molar-refractivity contribution is 5.82. The smallest absolute Gasteiger partial charge is 0.305 e. The van der Waals surface area contributed by atoms with Gasteiger partial charge in [-0.2, -0.15) is 0 Å². The maximum absolute atomic E-state index is 12.2. The number of unbranched alkanes of at least 4 members (excludes halogenated alkanes) is 1. The van der Waals surface area contributed by atoms with Crippen molar-refractivity contribution in [1.82, 2.24) is 5.32 Å². The Bertz CT molecular complexity index is 345. The summed E-state index contributed by atoms with van der Waals surface area (Å²) >= 11 is 0. The number of nitrogens with one attached hydrogen (secondary N) is 1.